The van der Waals surface area contributed by atoms with Crippen molar-refractivity contribution in [3.05, 3.63) is 194 Å². The second-order valence-corrected chi connectivity index (χ2v) is 14.5. The maximum Gasteiger partial charge on any atom is 0.143 e. The first-order valence-corrected chi connectivity index (χ1v) is 19.0. The molecule has 0 N–H and O–H groups in total. The SMILES string of the molecule is c1ccc(N(c2ccc(-n3c4ccccc4c4ccccc43)cc2)c2ccc3oc4ccccc4c3c2)c(-c2cccc3oc4c5ccccc5ccc4c23)c1. The Kier molecular flexibility index (Phi) is 6.60. The molecule has 12 rings (SSSR count). The maximum absolute atomic E-state index is 6.66. The van der Waals surface area contributed by atoms with Crippen LogP contribution >= 0.6 is 0 Å². The van der Waals surface area contributed by atoms with Gasteiger partial charge in [-0.25, -0.2) is 0 Å². The van der Waals surface area contributed by atoms with Crippen LogP contribution in [0.2, 0.25) is 0 Å². The largest absolute Gasteiger partial charge is 0.456 e. The van der Waals surface area contributed by atoms with Crippen LogP contribution < -0.4 is 4.90 Å². The summed E-state index contributed by atoms with van der Waals surface area (Å²) in [5.74, 6) is 0. The Morgan fingerprint density at radius 3 is 1.82 bits per heavy atom. The number of rotatable bonds is 5. The summed E-state index contributed by atoms with van der Waals surface area (Å²) < 4.78 is 15.3. The van der Waals surface area contributed by atoms with Crippen molar-refractivity contribution in [2.45, 2.75) is 0 Å². The van der Waals surface area contributed by atoms with E-state index in [0.717, 1.165) is 83.1 Å². The van der Waals surface area contributed by atoms with E-state index in [1.165, 1.54) is 27.2 Å². The van der Waals surface area contributed by atoms with E-state index in [0.29, 0.717) is 0 Å². The average Bonchev–Trinajstić information content (AvgIpc) is 3.94. The molecule has 0 bridgehead atoms. The molecular weight excluding hydrogens is 685 g/mol. The first-order valence-electron chi connectivity index (χ1n) is 19.0. The minimum absolute atomic E-state index is 0.867. The van der Waals surface area contributed by atoms with Gasteiger partial charge in [-0.2, -0.15) is 0 Å². The first-order chi connectivity index (χ1) is 27.8. The van der Waals surface area contributed by atoms with Gasteiger partial charge >= 0.3 is 0 Å². The number of anilines is 3. The predicted octanol–water partition coefficient (Wildman–Crippen LogP) is 14.9. The van der Waals surface area contributed by atoms with Crippen LogP contribution in [0, 0.1) is 0 Å². The summed E-state index contributed by atoms with van der Waals surface area (Å²) in [6.45, 7) is 0. The summed E-state index contributed by atoms with van der Waals surface area (Å²) in [5.41, 5.74) is 12.4. The molecule has 0 aliphatic carbocycles. The summed E-state index contributed by atoms with van der Waals surface area (Å²) >= 11 is 0. The highest BCUT2D eigenvalue weighted by molar-refractivity contribution is 6.20. The van der Waals surface area contributed by atoms with E-state index >= 15 is 0 Å². The molecule has 0 radical (unpaired) electrons. The molecular formula is C52H32N2O2. The zero-order chi connectivity index (χ0) is 36.7. The summed E-state index contributed by atoms with van der Waals surface area (Å²) in [7, 11) is 0. The number of fused-ring (bicyclic) bond motifs is 11. The molecule has 12 aromatic rings. The predicted molar refractivity (Wildman–Crippen MR) is 233 cm³/mol. The van der Waals surface area contributed by atoms with Gasteiger partial charge in [-0.15, -0.1) is 0 Å². The number of nitrogens with zero attached hydrogens (tertiary/aromatic N) is 2. The summed E-state index contributed by atoms with van der Waals surface area (Å²) in [6, 6.07) is 69.1. The van der Waals surface area contributed by atoms with Gasteiger partial charge in [0, 0.05) is 60.3 Å². The van der Waals surface area contributed by atoms with Crippen molar-refractivity contribution in [3.63, 3.8) is 0 Å². The van der Waals surface area contributed by atoms with Gasteiger partial charge < -0.3 is 18.3 Å². The van der Waals surface area contributed by atoms with E-state index < -0.39 is 0 Å². The van der Waals surface area contributed by atoms with Crippen LogP contribution in [0.4, 0.5) is 17.1 Å². The molecule has 262 valence electrons. The van der Waals surface area contributed by atoms with Gasteiger partial charge in [-0.3, -0.25) is 0 Å². The minimum atomic E-state index is 0.867. The Labute approximate surface area is 321 Å². The van der Waals surface area contributed by atoms with Gasteiger partial charge in [0.1, 0.15) is 22.3 Å². The van der Waals surface area contributed by atoms with Crippen molar-refractivity contribution in [1.29, 1.82) is 0 Å². The molecule has 0 unspecified atom stereocenters. The molecule has 4 nitrogen and oxygen atoms in total. The second-order valence-electron chi connectivity index (χ2n) is 14.5. The molecule has 4 heteroatoms. The molecule has 3 aromatic heterocycles. The Hall–Kier alpha value is -7.56. The summed E-state index contributed by atoms with van der Waals surface area (Å²) in [5, 5.41) is 9.17. The fourth-order valence-electron chi connectivity index (χ4n) is 8.91. The molecule has 0 fully saturated rings. The van der Waals surface area contributed by atoms with Crippen molar-refractivity contribution in [2.75, 3.05) is 4.90 Å². The Balaban J connectivity index is 1.09. The maximum atomic E-state index is 6.66. The van der Waals surface area contributed by atoms with Gasteiger partial charge in [0.25, 0.3) is 0 Å². The van der Waals surface area contributed by atoms with Crippen LogP contribution in [0.3, 0.4) is 0 Å². The van der Waals surface area contributed by atoms with E-state index in [1.807, 2.05) is 12.1 Å². The van der Waals surface area contributed by atoms with Crippen LogP contribution in [-0.2, 0) is 0 Å². The van der Waals surface area contributed by atoms with Crippen molar-refractivity contribution in [2.24, 2.45) is 0 Å². The standard InChI is InChI=1S/C52H32N2O2/c1-2-13-37-33(12-1)24-30-43-51-42(18-11-23-50(51)56-52(37)43)40-16-5-7-19-45(40)53(36-29-31-49-44(32-36)41-17-6-10-22-48(41)55-49)34-25-27-35(28-26-34)54-46-20-8-3-14-38(46)39-15-4-9-21-47(39)54/h1-32H. The number of para-hydroxylation sites is 4. The van der Waals surface area contributed by atoms with Crippen molar-refractivity contribution < 1.29 is 8.83 Å². The zero-order valence-electron chi connectivity index (χ0n) is 30.2. The van der Waals surface area contributed by atoms with Crippen LogP contribution in [0.1, 0.15) is 0 Å². The lowest BCUT2D eigenvalue weighted by molar-refractivity contribution is 0.669. The normalized spacial score (nSPS) is 11.9. The topological polar surface area (TPSA) is 34.5 Å². The zero-order valence-corrected chi connectivity index (χ0v) is 30.2. The van der Waals surface area contributed by atoms with Crippen LogP contribution in [0.25, 0.3) is 93.3 Å². The second kappa shape index (κ2) is 12.0. The third-order valence-corrected chi connectivity index (χ3v) is 11.4. The van der Waals surface area contributed by atoms with Crippen molar-refractivity contribution >= 4 is 93.5 Å². The lowest BCUT2D eigenvalue weighted by Gasteiger charge is -2.28. The Bertz CT molecular complexity index is 3440. The number of benzene rings is 9. The van der Waals surface area contributed by atoms with E-state index in [-0.39, 0.29) is 0 Å². The third kappa shape index (κ3) is 4.53. The monoisotopic (exact) mass is 716 g/mol. The van der Waals surface area contributed by atoms with E-state index in [2.05, 4.69) is 191 Å². The van der Waals surface area contributed by atoms with E-state index in [1.54, 1.807) is 0 Å². The number of furan rings is 2. The van der Waals surface area contributed by atoms with E-state index in [9.17, 15) is 0 Å². The van der Waals surface area contributed by atoms with Crippen LogP contribution in [0.5, 0.6) is 0 Å². The Morgan fingerprint density at radius 2 is 1.00 bits per heavy atom. The molecule has 0 saturated carbocycles. The molecule has 0 saturated heterocycles. The third-order valence-electron chi connectivity index (χ3n) is 11.4. The van der Waals surface area contributed by atoms with Gasteiger partial charge in [0.2, 0.25) is 0 Å². The van der Waals surface area contributed by atoms with Crippen molar-refractivity contribution in [1.82, 2.24) is 4.57 Å². The van der Waals surface area contributed by atoms with Gasteiger partial charge in [-0.1, -0.05) is 115 Å². The first kappa shape index (κ1) is 30.9. The highest BCUT2D eigenvalue weighted by atomic mass is 16.3. The number of hydrogen-bond acceptors (Lipinski definition) is 3. The number of hydrogen-bond donors (Lipinski definition) is 0. The Morgan fingerprint density at radius 1 is 0.375 bits per heavy atom. The van der Waals surface area contributed by atoms with Crippen LogP contribution in [-0.4, -0.2) is 4.57 Å². The highest BCUT2D eigenvalue weighted by Crippen LogP contribution is 2.47. The van der Waals surface area contributed by atoms with Gasteiger partial charge in [0.05, 0.1) is 16.7 Å². The summed E-state index contributed by atoms with van der Waals surface area (Å²) in [6.07, 6.45) is 0. The minimum Gasteiger partial charge on any atom is -0.456 e. The average molecular weight is 717 g/mol. The smallest absolute Gasteiger partial charge is 0.143 e. The van der Waals surface area contributed by atoms with Gasteiger partial charge in [-0.05, 0) is 89.8 Å². The molecule has 0 atom stereocenters. The van der Waals surface area contributed by atoms with Gasteiger partial charge in [0.15, 0.2) is 0 Å². The molecule has 0 aliphatic heterocycles. The highest BCUT2D eigenvalue weighted by Gasteiger charge is 2.22. The molecule has 3 heterocycles. The van der Waals surface area contributed by atoms with Crippen LogP contribution in [0.15, 0.2) is 203 Å². The molecule has 0 amide bonds. The lowest BCUT2D eigenvalue weighted by atomic mass is 9.96. The molecule has 0 aliphatic rings. The van der Waals surface area contributed by atoms with E-state index in [4.69, 9.17) is 8.83 Å². The van der Waals surface area contributed by atoms with Crippen molar-refractivity contribution in [3.8, 4) is 16.8 Å². The summed E-state index contributed by atoms with van der Waals surface area (Å²) in [4.78, 5) is 2.38. The lowest BCUT2D eigenvalue weighted by Crippen LogP contribution is -2.11. The fourth-order valence-corrected chi connectivity index (χ4v) is 8.91. The molecule has 9 aromatic carbocycles. The molecule has 56 heavy (non-hydrogen) atoms. The number of aromatic nitrogens is 1. The fraction of sp³-hybridized carbons (Fsp3) is 0. The quantitative estimate of drug-likeness (QED) is 0.178. The molecule has 0 spiro atoms.